The van der Waals surface area contributed by atoms with Crippen LogP contribution in [0.1, 0.15) is 51.0 Å². The van der Waals surface area contributed by atoms with Gasteiger partial charge in [0.1, 0.15) is 17.3 Å². The van der Waals surface area contributed by atoms with Gasteiger partial charge in [-0.2, -0.15) is 5.10 Å². The van der Waals surface area contributed by atoms with Crippen molar-refractivity contribution in [1.82, 2.24) is 5.43 Å². The van der Waals surface area contributed by atoms with Crippen molar-refractivity contribution in [2.24, 2.45) is 5.10 Å². The van der Waals surface area contributed by atoms with Crippen LogP contribution in [-0.4, -0.2) is 25.3 Å². The van der Waals surface area contributed by atoms with Crippen LogP contribution in [0.3, 0.4) is 0 Å². The number of nitrogens with zero attached hydrogens (tertiary/aromatic N) is 1. The average molecular weight is 400 g/mol. The Morgan fingerprint density at radius 3 is 2.52 bits per heavy atom. The van der Waals surface area contributed by atoms with Crippen LogP contribution in [0.2, 0.25) is 0 Å². The Hall–Kier alpha value is -2.89. The van der Waals surface area contributed by atoms with E-state index in [9.17, 15) is 9.18 Å². The minimum Gasteiger partial charge on any atom is -0.493 e. The molecule has 0 aliphatic carbocycles. The number of hydrogen-bond donors (Lipinski definition) is 1. The lowest BCUT2D eigenvalue weighted by Crippen LogP contribution is -2.24. The number of unbranched alkanes of at least 4 members (excludes halogenated alkanes) is 5. The number of nitrogens with one attached hydrogen (secondary N) is 1. The standard InChI is InChI=1S/C23H29FN2O3/c1-2-3-4-5-6-9-16-28-22-11-8-7-10-19(22)17-25-26-23(27)18-29-21-14-12-20(24)13-15-21/h7-8,10-15,17H,2-6,9,16,18H2,1H3,(H,26,27). The van der Waals surface area contributed by atoms with Gasteiger partial charge >= 0.3 is 0 Å². The molecule has 156 valence electrons. The van der Waals surface area contributed by atoms with Gasteiger partial charge in [0.15, 0.2) is 6.61 Å². The normalized spacial score (nSPS) is 10.8. The Kier molecular flexibility index (Phi) is 10.3. The lowest BCUT2D eigenvalue weighted by atomic mass is 10.1. The first-order valence-electron chi connectivity index (χ1n) is 10.1. The van der Waals surface area contributed by atoms with E-state index in [0.717, 1.165) is 17.7 Å². The fraction of sp³-hybridized carbons (Fsp3) is 0.391. The molecule has 2 rings (SSSR count). The summed E-state index contributed by atoms with van der Waals surface area (Å²) < 4.78 is 24.0. The quantitative estimate of drug-likeness (QED) is 0.289. The summed E-state index contributed by atoms with van der Waals surface area (Å²) in [6.07, 6.45) is 8.80. The maximum absolute atomic E-state index is 12.8. The van der Waals surface area contributed by atoms with Crippen molar-refractivity contribution in [3.63, 3.8) is 0 Å². The fourth-order valence-electron chi connectivity index (χ4n) is 2.67. The minimum atomic E-state index is -0.406. The highest BCUT2D eigenvalue weighted by Crippen LogP contribution is 2.16. The Labute approximate surface area is 171 Å². The third-order valence-corrected chi connectivity index (χ3v) is 4.25. The number of halogens is 1. The Bertz CT molecular complexity index is 763. The molecule has 6 heteroatoms. The van der Waals surface area contributed by atoms with E-state index in [-0.39, 0.29) is 12.4 Å². The number of hydrogen-bond acceptors (Lipinski definition) is 4. The Morgan fingerprint density at radius 1 is 1.00 bits per heavy atom. The second-order valence-electron chi connectivity index (χ2n) is 6.69. The maximum Gasteiger partial charge on any atom is 0.277 e. The van der Waals surface area contributed by atoms with E-state index in [1.807, 2.05) is 24.3 Å². The molecule has 0 saturated heterocycles. The average Bonchev–Trinajstić information content (AvgIpc) is 2.73. The molecule has 0 fully saturated rings. The molecule has 2 aromatic carbocycles. The van der Waals surface area contributed by atoms with Gasteiger partial charge in [-0.3, -0.25) is 4.79 Å². The lowest BCUT2D eigenvalue weighted by Gasteiger charge is -2.09. The molecule has 0 unspecified atom stereocenters. The second-order valence-corrected chi connectivity index (χ2v) is 6.69. The zero-order valence-corrected chi connectivity index (χ0v) is 16.9. The number of benzene rings is 2. The number of rotatable bonds is 13. The molecule has 0 bridgehead atoms. The number of amides is 1. The van der Waals surface area contributed by atoms with Gasteiger partial charge in [0.2, 0.25) is 0 Å². The van der Waals surface area contributed by atoms with E-state index in [1.54, 1.807) is 6.21 Å². The molecule has 0 spiro atoms. The smallest absolute Gasteiger partial charge is 0.277 e. The summed E-state index contributed by atoms with van der Waals surface area (Å²) in [6.45, 7) is 2.66. The SMILES string of the molecule is CCCCCCCCOc1ccccc1C=NNC(=O)COc1ccc(F)cc1. The monoisotopic (exact) mass is 400 g/mol. The predicted octanol–water partition coefficient (Wildman–Crippen LogP) is 5.09. The largest absolute Gasteiger partial charge is 0.493 e. The topological polar surface area (TPSA) is 59.9 Å². The van der Waals surface area contributed by atoms with Crippen molar-refractivity contribution >= 4 is 12.1 Å². The summed E-state index contributed by atoms with van der Waals surface area (Å²) in [5.74, 6) is 0.389. The van der Waals surface area contributed by atoms with Gasteiger partial charge in [0.25, 0.3) is 5.91 Å². The molecule has 0 radical (unpaired) electrons. The van der Waals surface area contributed by atoms with Crippen LogP contribution >= 0.6 is 0 Å². The van der Waals surface area contributed by atoms with Gasteiger partial charge in [-0.05, 0) is 42.8 Å². The van der Waals surface area contributed by atoms with E-state index in [2.05, 4.69) is 17.5 Å². The van der Waals surface area contributed by atoms with E-state index < -0.39 is 5.91 Å². The third-order valence-electron chi connectivity index (χ3n) is 4.25. The van der Waals surface area contributed by atoms with Crippen LogP contribution in [-0.2, 0) is 4.79 Å². The zero-order chi connectivity index (χ0) is 20.7. The third kappa shape index (κ3) is 9.23. The minimum absolute atomic E-state index is 0.209. The van der Waals surface area contributed by atoms with Gasteiger partial charge in [0, 0.05) is 5.56 Å². The van der Waals surface area contributed by atoms with Crippen molar-refractivity contribution in [2.75, 3.05) is 13.2 Å². The summed E-state index contributed by atoms with van der Waals surface area (Å²) in [7, 11) is 0. The molecule has 0 aliphatic rings. The van der Waals surface area contributed by atoms with Gasteiger partial charge < -0.3 is 9.47 Å². The molecule has 0 aromatic heterocycles. The van der Waals surface area contributed by atoms with Gasteiger partial charge in [-0.1, -0.05) is 51.2 Å². The molecule has 0 saturated carbocycles. The number of para-hydroxylation sites is 1. The summed E-state index contributed by atoms with van der Waals surface area (Å²) in [4.78, 5) is 11.8. The lowest BCUT2D eigenvalue weighted by molar-refractivity contribution is -0.123. The van der Waals surface area contributed by atoms with E-state index in [0.29, 0.717) is 12.4 Å². The molecule has 0 aliphatic heterocycles. The molecule has 5 nitrogen and oxygen atoms in total. The van der Waals surface area contributed by atoms with E-state index >= 15 is 0 Å². The number of hydrazone groups is 1. The Balaban J connectivity index is 1.72. The molecular formula is C23H29FN2O3. The highest BCUT2D eigenvalue weighted by molar-refractivity contribution is 5.85. The molecule has 2 aromatic rings. The first-order chi connectivity index (χ1) is 14.2. The van der Waals surface area contributed by atoms with Crippen LogP contribution in [0.15, 0.2) is 53.6 Å². The van der Waals surface area contributed by atoms with E-state index in [1.165, 1.54) is 56.4 Å². The number of carbonyl (C=O) groups excluding carboxylic acids is 1. The Morgan fingerprint density at radius 2 is 1.72 bits per heavy atom. The van der Waals surface area contributed by atoms with Crippen molar-refractivity contribution < 1.29 is 18.7 Å². The van der Waals surface area contributed by atoms with Crippen molar-refractivity contribution in [3.8, 4) is 11.5 Å². The summed E-state index contributed by atoms with van der Waals surface area (Å²) in [6, 6.07) is 13.0. The number of carbonyl (C=O) groups is 1. The predicted molar refractivity (Wildman–Crippen MR) is 113 cm³/mol. The van der Waals surface area contributed by atoms with Gasteiger partial charge in [-0.25, -0.2) is 9.82 Å². The molecule has 1 amide bonds. The fourth-order valence-corrected chi connectivity index (χ4v) is 2.67. The highest BCUT2D eigenvalue weighted by Gasteiger charge is 2.03. The number of ether oxygens (including phenoxy) is 2. The molecule has 0 atom stereocenters. The van der Waals surface area contributed by atoms with Crippen molar-refractivity contribution in [2.45, 2.75) is 45.4 Å². The van der Waals surface area contributed by atoms with Crippen LogP contribution < -0.4 is 14.9 Å². The summed E-state index contributed by atoms with van der Waals surface area (Å²) in [5.41, 5.74) is 3.20. The van der Waals surface area contributed by atoms with Crippen LogP contribution in [0, 0.1) is 5.82 Å². The molecular weight excluding hydrogens is 371 g/mol. The van der Waals surface area contributed by atoms with Crippen LogP contribution in [0.4, 0.5) is 4.39 Å². The van der Waals surface area contributed by atoms with Gasteiger partial charge in [0.05, 0.1) is 12.8 Å². The second kappa shape index (κ2) is 13.3. The maximum atomic E-state index is 12.8. The molecule has 1 N–H and O–H groups in total. The van der Waals surface area contributed by atoms with Crippen molar-refractivity contribution in [3.05, 3.63) is 59.9 Å². The molecule has 0 heterocycles. The van der Waals surface area contributed by atoms with Crippen LogP contribution in [0.25, 0.3) is 0 Å². The zero-order valence-electron chi connectivity index (χ0n) is 16.9. The van der Waals surface area contributed by atoms with E-state index in [4.69, 9.17) is 9.47 Å². The highest BCUT2D eigenvalue weighted by atomic mass is 19.1. The molecule has 29 heavy (non-hydrogen) atoms. The first-order valence-corrected chi connectivity index (χ1v) is 10.1. The summed E-state index contributed by atoms with van der Waals surface area (Å²) in [5, 5.41) is 3.96. The van der Waals surface area contributed by atoms with Gasteiger partial charge in [-0.15, -0.1) is 0 Å². The van der Waals surface area contributed by atoms with Crippen LogP contribution in [0.5, 0.6) is 11.5 Å². The first kappa shape index (κ1) is 22.4. The van der Waals surface area contributed by atoms with Crippen molar-refractivity contribution in [1.29, 1.82) is 0 Å². The summed E-state index contributed by atoms with van der Waals surface area (Å²) >= 11 is 0.